The van der Waals surface area contributed by atoms with Gasteiger partial charge in [0.05, 0.1) is 64.8 Å². The molecule has 18 heteroatoms. The number of hydrogen-bond acceptors (Lipinski definition) is 14. The summed E-state index contributed by atoms with van der Waals surface area (Å²) in [6.07, 6.45) is 6.16. The van der Waals surface area contributed by atoms with Crippen LogP contribution >= 0.6 is 11.3 Å². The number of hydrazine groups is 1. The van der Waals surface area contributed by atoms with Crippen LogP contribution < -0.4 is 20.5 Å². The molecule has 0 aliphatic carbocycles. The molecule has 1 fully saturated rings. The number of carbonyl (C=O) groups excluding carboxylic acids is 3. The molecule has 0 saturated carbocycles. The first kappa shape index (κ1) is 49.2. The smallest absolute Gasteiger partial charge is 0.269 e. The van der Waals surface area contributed by atoms with E-state index in [0.29, 0.717) is 30.2 Å². The third kappa shape index (κ3) is 11.6. The minimum absolute atomic E-state index is 0.0151. The lowest BCUT2D eigenvalue weighted by atomic mass is 9.92. The number of nitrogens with zero attached hydrogens (tertiary/aromatic N) is 5. The van der Waals surface area contributed by atoms with Gasteiger partial charge in [-0.2, -0.15) is 5.17 Å². The predicted molar refractivity (Wildman–Crippen MR) is 264 cm³/mol. The number of hydrogen-bond donors (Lipinski definition) is 3. The predicted octanol–water partition coefficient (Wildman–Crippen LogP) is 7.70. The number of likely N-dealkylation sites (tertiary alicyclic amines) is 1. The number of carbonyl (C=O) groups is 3. The van der Waals surface area contributed by atoms with E-state index in [-0.39, 0.29) is 68.2 Å². The number of fused-ring (bicyclic) bond motifs is 1. The Hall–Kier alpha value is -7.22. The highest BCUT2D eigenvalue weighted by atomic mass is 32.1. The minimum atomic E-state index is -0.855. The third-order valence-corrected chi connectivity index (χ3v) is 13.2. The first-order chi connectivity index (χ1) is 33.8. The highest BCUT2D eigenvalue weighted by Gasteiger charge is 2.44. The van der Waals surface area contributed by atoms with Gasteiger partial charge in [-0.25, -0.2) is 4.98 Å². The van der Waals surface area contributed by atoms with Crippen molar-refractivity contribution in [2.24, 2.45) is 11.8 Å². The van der Waals surface area contributed by atoms with Crippen molar-refractivity contribution in [3.63, 3.8) is 0 Å². The standard InChI is InChI=1S/C52H55N7O10S/c1-33(2)48(52(63)57-30-41(60)28-46(57)50(61)54-34(3)38-16-18-39(19-17-38)49-35(4)53-32-70-49)47-31-58(55-69-47)68-27-25-66-24-26-67-42-22-14-37(15-23-42)29-56-45-11-6-5-9-43(45)44(51(56)62)10-7-8-36-12-20-40(21-13-36)59(64)65/h5-23,31-34,41,46,48,55,60H,24-30H2,1-4H3,(H,54,61)/b8-7+,44-10-/t34-,41+,46-,48+/m0/s1. The Labute approximate surface area is 409 Å². The molecule has 0 unspecified atom stereocenters. The van der Waals surface area contributed by atoms with Gasteiger partial charge in [0.1, 0.15) is 30.9 Å². The Kier molecular flexibility index (Phi) is 15.8. The van der Waals surface area contributed by atoms with Crippen molar-refractivity contribution in [1.82, 2.24) is 26.0 Å². The molecule has 8 rings (SSSR count). The van der Waals surface area contributed by atoms with Crippen molar-refractivity contribution in [1.29, 1.82) is 0 Å². The zero-order chi connectivity index (χ0) is 49.3. The fourth-order valence-corrected chi connectivity index (χ4v) is 9.38. The van der Waals surface area contributed by atoms with Crippen LogP contribution in [0.1, 0.15) is 61.2 Å². The number of rotatable bonds is 20. The van der Waals surface area contributed by atoms with Gasteiger partial charge in [0.25, 0.3) is 11.6 Å². The number of thiazole rings is 1. The number of hydroxylamine groups is 1. The monoisotopic (exact) mass is 969 g/mol. The molecule has 0 radical (unpaired) electrons. The number of aryl methyl sites for hydroxylation is 1. The van der Waals surface area contributed by atoms with Crippen molar-refractivity contribution < 1.29 is 43.6 Å². The van der Waals surface area contributed by atoms with Crippen LogP contribution in [0.25, 0.3) is 22.1 Å². The summed E-state index contributed by atoms with van der Waals surface area (Å²) < 4.78 is 11.6. The van der Waals surface area contributed by atoms with E-state index in [1.807, 2.05) is 106 Å². The Morgan fingerprint density at radius 3 is 2.46 bits per heavy atom. The summed E-state index contributed by atoms with van der Waals surface area (Å²) in [5.41, 5.74) is 11.3. The molecule has 70 heavy (non-hydrogen) atoms. The highest BCUT2D eigenvalue weighted by Crippen LogP contribution is 2.38. The summed E-state index contributed by atoms with van der Waals surface area (Å²) in [6, 6.07) is 28.1. The maximum Gasteiger partial charge on any atom is 0.269 e. The third-order valence-electron chi connectivity index (χ3n) is 12.2. The molecule has 17 nitrogen and oxygen atoms in total. The van der Waals surface area contributed by atoms with Gasteiger partial charge in [0.15, 0.2) is 5.76 Å². The molecule has 4 aromatic carbocycles. The molecular weight excluding hydrogens is 915 g/mol. The zero-order valence-corrected chi connectivity index (χ0v) is 40.0. The number of benzene rings is 4. The summed E-state index contributed by atoms with van der Waals surface area (Å²) in [4.78, 5) is 72.0. The van der Waals surface area contributed by atoms with Crippen molar-refractivity contribution in [3.05, 3.63) is 165 Å². The van der Waals surface area contributed by atoms with Crippen LogP contribution in [-0.2, 0) is 35.3 Å². The lowest BCUT2D eigenvalue weighted by Crippen LogP contribution is -2.49. The molecule has 1 saturated heterocycles. The van der Waals surface area contributed by atoms with E-state index >= 15 is 0 Å². The van der Waals surface area contributed by atoms with Crippen LogP contribution in [0.15, 0.2) is 127 Å². The molecule has 0 spiro atoms. The largest absolute Gasteiger partial charge is 0.491 e. The highest BCUT2D eigenvalue weighted by molar-refractivity contribution is 7.13. The van der Waals surface area contributed by atoms with E-state index in [0.717, 1.165) is 44.1 Å². The molecule has 3 amide bonds. The number of nitro benzene ring substituents is 1. The Balaban J connectivity index is 0.761. The molecule has 1 aromatic heterocycles. The van der Waals surface area contributed by atoms with Crippen molar-refractivity contribution in [2.45, 2.75) is 58.8 Å². The summed E-state index contributed by atoms with van der Waals surface area (Å²) in [6.45, 7) is 9.01. The number of allylic oxidation sites excluding steroid dienone is 2. The van der Waals surface area contributed by atoms with E-state index in [9.17, 15) is 29.6 Å². The second-order valence-electron chi connectivity index (χ2n) is 17.4. The molecule has 3 aliphatic heterocycles. The fourth-order valence-electron chi connectivity index (χ4n) is 8.56. The molecule has 5 aromatic rings. The number of aliphatic hydroxyl groups is 1. The number of β-amino-alcohol motifs (C(OH)–C–C–N with tert-alkyl or cyclic N) is 1. The number of nitrogens with one attached hydrogen (secondary N) is 2. The van der Waals surface area contributed by atoms with Crippen LogP contribution in [0.2, 0.25) is 0 Å². The SMILES string of the molecule is Cc1ncsc1-c1ccc([C@H](C)NC(=O)[C@@H]2C[C@@H](O)CN2C(=O)[C@@H](C2=CN(OCCOCCOc3ccc(CN4C(=O)/C(=C\C=C\c5ccc([N+](=O)[O-])cc5)c5ccccc54)cc3)NO2)C(C)C)cc1. The lowest BCUT2D eigenvalue weighted by molar-refractivity contribution is -0.384. The van der Waals surface area contributed by atoms with Crippen molar-refractivity contribution in [2.75, 3.05) is 37.9 Å². The van der Waals surface area contributed by atoms with Gasteiger partial charge in [-0.15, -0.1) is 11.3 Å². The number of aromatic nitrogens is 1. The summed E-state index contributed by atoms with van der Waals surface area (Å²) in [5, 5.41) is 26.0. The zero-order valence-electron chi connectivity index (χ0n) is 39.2. The molecule has 364 valence electrons. The van der Waals surface area contributed by atoms with E-state index in [4.69, 9.17) is 19.1 Å². The van der Waals surface area contributed by atoms with Gasteiger partial charge in [-0.1, -0.05) is 80.6 Å². The van der Waals surface area contributed by atoms with Gasteiger partial charge in [-0.05, 0) is 84.0 Å². The van der Waals surface area contributed by atoms with E-state index in [1.165, 1.54) is 22.2 Å². The van der Waals surface area contributed by atoms with Gasteiger partial charge < -0.3 is 34.5 Å². The average Bonchev–Trinajstić information content (AvgIpc) is 4.16. The normalized spacial score (nSPS) is 18.1. The number of non-ortho nitro benzene ring substituents is 1. The number of ether oxygens (including phenoxy) is 2. The van der Waals surface area contributed by atoms with E-state index in [2.05, 4.69) is 15.9 Å². The first-order valence-electron chi connectivity index (χ1n) is 23.0. The van der Waals surface area contributed by atoms with E-state index in [1.54, 1.807) is 52.8 Å². The van der Waals surface area contributed by atoms with Crippen LogP contribution in [-0.4, -0.2) is 87.9 Å². The fraction of sp³-hybridized carbons (Fsp3) is 0.308. The molecule has 4 atom stereocenters. The molecule has 4 heterocycles. The van der Waals surface area contributed by atoms with Crippen molar-refractivity contribution in [3.8, 4) is 16.2 Å². The number of para-hydroxylation sites is 1. The lowest BCUT2D eigenvalue weighted by Gasteiger charge is -2.30. The molecule has 0 bridgehead atoms. The topological polar surface area (TPSA) is 198 Å². The Morgan fingerprint density at radius 1 is 1.00 bits per heavy atom. The van der Waals surface area contributed by atoms with Crippen LogP contribution in [0.3, 0.4) is 0 Å². The minimum Gasteiger partial charge on any atom is -0.491 e. The van der Waals surface area contributed by atoms with Crippen LogP contribution in [0.5, 0.6) is 5.75 Å². The second kappa shape index (κ2) is 22.5. The number of anilines is 1. The Morgan fingerprint density at radius 2 is 1.74 bits per heavy atom. The van der Waals surface area contributed by atoms with Gasteiger partial charge in [0.2, 0.25) is 11.8 Å². The van der Waals surface area contributed by atoms with E-state index < -0.39 is 23.0 Å². The van der Waals surface area contributed by atoms with Gasteiger partial charge >= 0.3 is 0 Å². The average molecular weight is 970 g/mol. The number of nitro groups is 1. The second-order valence-corrected chi connectivity index (χ2v) is 18.3. The summed E-state index contributed by atoms with van der Waals surface area (Å²) in [7, 11) is 0. The number of amides is 3. The van der Waals surface area contributed by atoms with Gasteiger partial charge in [0, 0.05) is 36.2 Å². The van der Waals surface area contributed by atoms with Crippen LogP contribution in [0, 0.1) is 28.9 Å². The summed E-state index contributed by atoms with van der Waals surface area (Å²) >= 11 is 1.58. The van der Waals surface area contributed by atoms with Crippen LogP contribution in [0.4, 0.5) is 11.4 Å². The maximum absolute atomic E-state index is 14.1. The van der Waals surface area contributed by atoms with Crippen molar-refractivity contribution >= 4 is 52.1 Å². The Bertz CT molecular complexity index is 2760. The molecule has 3 aliphatic rings. The molecular formula is C52H55N7O10S. The summed E-state index contributed by atoms with van der Waals surface area (Å²) in [5.74, 6) is -0.809. The molecule has 3 N–H and O–H groups in total. The maximum atomic E-state index is 14.1. The quantitative estimate of drug-likeness (QED) is 0.0297. The number of aliphatic hydroxyl groups excluding tert-OH is 1. The first-order valence-corrected chi connectivity index (χ1v) is 23.9. The van der Waals surface area contributed by atoms with Gasteiger partial charge in [-0.3, -0.25) is 29.3 Å².